The lowest BCUT2D eigenvalue weighted by Gasteiger charge is -2.33. The summed E-state index contributed by atoms with van der Waals surface area (Å²) in [7, 11) is 0. The molecule has 2 heterocycles. The molecule has 1 aliphatic rings. The Kier molecular flexibility index (Phi) is 4.57. The number of hydrogen-bond acceptors (Lipinski definition) is 2. The summed E-state index contributed by atoms with van der Waals surface area (Å²) in [5.41, 5.74) is 4.25. The molecule has 2 aromatic carbocycles. The van der Waals surface area contributed by atoms with Gasteiger partial charge in [0.05, 0.1) is 5.69 Å². The Balaban J connectivity index is 1.54. The number of piperidine rings is 1. The fourth-order valence-corrected chi connectivity index (χ4v) is 3.74. The Morgan fingerprint density at radius 1 is 1.12 bits per heavy atom. The molecule has 0 N–H and O–H groups in total. The topological polar surface area (TPSA) is 38.1 Å². The van der Waals surface area contributed by atoms with Gasteiger partial charge in [-0.25, -0.2) is 4.68 Å². The van der Waals surface area contributed by atoms with Gasteiger partial charge in [0.25, 0.3) is 5.91 Å². The molecule has 1 aromatic heterocycles. The van der Waals surface area contributed by atoms with Crippen LogP contribution in [0.3, 0.4) is 0 Å². The molecule has 132 valence electrons. The second kappa shape index (κ2) is 7.16. The average molecular weight is 345 g/mol. The van der Waals surface area contributed by atoms with E-state index in [0.717, 1.165) is 37.2 Å². The van der Waals surface area contributed by atoms with Crippen molar-refractivity contribution in [2.24, 2.45) is 0 Å². The van der Waals surface area contributed by atoms with Crippen LogP contribution in [0.2, 0.25) is 0 Å². The van der Waals surface area contributed by atoms with Gasteiger partial charge in [0.1, 0.15) is 0 Å². The molecule has 4 rings (SSSR count). The largest absolute Gasteiger partial charge is 0.338 e. The molecule has 0 unspecified atom stereocenters. The van der Waals surface area contributed by atoms with Crippen LogP contribution >= 0.6 is 0 Å². The highest BCUT2D eigenvalue weighted by Gasteiger charge is 2.25. The second-order valence-electron chi connectivity index (χ2n) is 7.01. The number of carbonyl (C=O) groups excluding carboxylic acids is 1. The van der Waals surface area contributed by atoms with Crippen LogP contribution in [0, 0.1) is 6.92 Å². The Morgan fingerprint density at radius 2 is 2.00 bits per heavy atom. The number of likely N-dealkylation sites (tertiary alicyclic amines) is 1. The smallest absolute Gasteiger partial charge is 0.253 e. The van der Waals surface area contributed by atoms with Gasteiger partial charge >= 0.3 is 0 Å². The van der Waals surface area contributed by atoms with Crippen LogP contribution in [0.15, 0.2) is 67.0 Å². The summed E-state index contributed by atoms with van der Waals surface area (Å²) in [6, 6.07) is 18.3. The Bertz CT molecular complexity index is 901. The average Bonchev–Trinajstić information content (AvgIpc) is 3.22. The number of nitrogens with zero attached hydrogens (tertiary/aromatic N) is 3. The SMILES string of the molecule is Cc1cccc([C@@H]2CCCN(C(=O)c3cccc(-n4cccn4)c3)C2)c1. The van der Waals surface area contributed by atoms with E-state index >= 15 is 0 Å². The highest BCUT2D eigenvalue weighted by molar-refractivity contribution is 5.94. The van der Waals surface area contributed by atoms with E-state index in [1.165, 1.54) is 11.1 Å². The molecule has 3 aromatic rings. The van der Waals surface area contributed by atoms with E-state index in [2.05, 4.69) is 36.3 Å². The van der Waals surface area contributed by atoms with E-state index in [4.69, 9.17) is 0 Å². The van der Waals surface area contributed by atoms with Crippen LogP contribution < -0.4 is 0 Å². The maximum Gasteiger partial charge on any atom is 0.253 e. The van der Waals surface area contributed by atoms with Crippen LogP contribution in [0.25, 0.3) is 5.69 Å². The van der Waals surface area contributed by atoms with Gasteiger partial charge in [0, 0.05) is 37.0 Å². The summed E-state index contributed by atoms with van der Waals surface area (Å²) in [4.78, 5) is 15.1. The zero-order valence-electron chi connectivity index (χ0n) is 15.0. The predicted octanol–water partition coefficient (Wildman–Crippen LogP) is 4.20. The van der Waals surface area contributed by atoms with Crippen LogP contribution in [0.4, 0.5) is 0 Å². The minimum Gasteiger partial charge on any atom is -0.338 e. The summed E-state index contributed by atoms with van der Waals surface area (Å²) < 4.78 is 1.78. The molecule has 4 heteroatoms. The first-order valence-electron chi connectivity index (χ1n) is 9.16. The fourth-order valence-electron chi connectivity index (χ4n) is 3.74. The third kappa shape index (κ3) is 3.40. The summed E-state index contributed by atoms with van der Waals surface area (Å²) >= 11 is 0. The zero-order valence-corrected chi connectivity index (χ0v) is 15.0. The number of carbonyl (C=O) groups is 1. The maximum atomic E-state index is 13.1. The van der Waals surface area contributed by atoms with Crippen molar-refractivity contribution in [2.75, 3.05) is 13.1 Å². The number of rotatable bonds is 3. The van der Waals surface area contributed by atoms with Crippen LogP contribution in [0.5, 0.6) is 0 Å². The highest BCUT2D eigenvalue weighted by atomic mass is 16.2. The predicted molar refractivity (Wildman–Crippen MR) is 103 cm³/mol. The van der Waals surface area contributed by atoms with Crippen molar-refractivity contribution in [3.05, 3.63) is 83.7 Å². The third-order valence-electron chi connectivity index (χ3n) is 5.08. The lowest BCUT2D eigenvalue weighted by molar-refractivity contribution is 0.0707. The molecular formula is C22H23N3O. The van der Waals surface area contributed by atoms with E-state index in [1.807, 2.05) is 41.4 Å². The van der Waals surface area contributed by atoms with Crippen LogP contribution in [-0.4, -0.2) is 33.7 Å². The first-order valence-corrected chi connectivity index (χ1v) is 9.16. The standard InChI is InChI=1S/C22H23N3O/c1-17-6-2-7-18(14-17)20-9-4-12-24(16-20)22(26)19-8-3-10-21(15-19)25-13-5-11-23-25/h2-3,5-8,10-11,13-15,20H,4,9,12,16H2,1H3/t20-/m1/s1. The molecule has 0 saturated carbocycles. The van der Waals surface area contributed by atoms with Gasteiger partial charge in [0.2, 0.25) is 0 Å². The quantitative estimate of drug-likeness (QED) is 0.713. The molecule has 1 saturated heterocycles. The Morgan fingerprint density at radius 3 is 2.81 bits per heavy atom. The normalized spacial score (nSPS) is 17.3. The molecule has 0 radical (unpaired) electrons. The number of benzene rings is 2. The van der Waals surface area contributed by atoms with E-state index in [1.54, 1.807) is 10.9 Å². The fraction of sp³-hybridized carbons (Fsp3) is 0.273. The van der Waals surface area contributed by atoms with Crippen LogP contribution in [-0.2, 0) is 0 Å². The van der Waals surface area contributed by atoms with Crippen molar-refractivity contribution in [1.82, 2.24) is 14.7 Å². The van der Waals surface area contributed by atoms with Crippen molar-refractivity contribution in [3.8, 4) is 5.69 Å². The Labute approximate surface area is 154 Å². The van der Waals surface area contributed by atoms with E-state index in [9.17, 15) is 4.79 Å². The van der Waals surface area contributed by atoms with Gasteiger partial charge in [-0.05, 0) is 49.6 Å². The Hall–Kier alpha value is -2.88. The van der Waals surface area contributed by atoms with Crippen molar-refractivity contribution < 1.29 is 4.79 Å². The summed E-state index contributed by atoms with van der Waals surface area (Å²) in [5.74, 6) is 0.526. The van der Waals surface area contributed by atoms with Gasteiger partial charge in [0.15, 0.2) is 0 Å². The summed E-state index contributed by atoms with van der Waals surface area (Å²) in [6.07, 6.45) is 5.81. The molecule has 1 atom stereocenters. The minimum absolute atomic E-state index is 0.108. The van der Waals surface area contributed by atoms with Crippen molar-refractivity contribution >= 4 is 5.91 Å². The van der Waals surface area contributed by atoms with Gasteiger partial charge in [-0.15, -0.1) is 0 Å². The molecule has 1 amide bonds. The highest BCUT2D eigenvalue weighted by Crippen LogP contribution is 2.28. The number of amides is 1. The molecule has 1 fully saturated rings. The molecule has 0 bridgehead atoms. The number of hydrogen-bond donors (Lipinski definition) is 0. The van der Waals surface area contributed by atoms with E-state index in [-0.39, 0.29) is 5.91 Å². The summed E-state index contributed by atoms with van der Waals surface area (Å²) in [6.45, 7) is 3.73. The summed E-state index contributed by atoms with van der Waals surface area (Å²) in [5, 5.41) is 4.25. The van der Waals surface area contributed by atoms with Gasteiger partial charge in [-0.2, -0.15) is 5.10 Å². The molecule has 26 heavy (non-hydrogen) atoms. The number of aryl methyl sites for hydroxylation is 1. The van der Waals surface area contributed by atoms with Gasteiger partial charge < -0.3 is 4.90 Å². The van der Waals surface area contributed by atoms with Crippen molar-refractivity contribution in [2.45, 2.75) is 25.7 Å². The molecule has 4 nitrogen and oxygen atoms in total. The first kappa shape index (κ1) is 16.6. The monoisotopic (exact) mass is 345 g/mol. The van der Waals surface area contributed by atoms with Gasteiger partial charge in [-0.1, -0.05) is 35.9 Å². The second-order valence-corrected chi connectivity index (χ2v) is 7.01. The molecule has 1 aliphatic heterocycles. The molecule has 0 spiro atoms. The minimum atomic E-state index is 0.108. The van der Waals surface area contributed by atoms with Crippen LogP contribution in [0.1, 0.15) is 40.2 Å². The first-order chi connectivity index (χ1) is 12.7. The van der Waals surface area contributed by atoms with Crippen molar-refractivity contribution in [3.63, 3.8) is 0 Å². The van der Waals surface area contributed by atoms with Crippen molar-refractivity contribution in [1.29, 1.82) is 0 Å². The lowest BCUT2D eigenvalue weighted by atomic mass is 9.89. The third-order valence-corrected chi connectivity index (χ3v) is 5.08. The molecule has 0 aliphatic carbocycles. The zero-order chi connectivity index (χ0) is 17.9. The molecular weight excluding hydrogens is 322 g/mol. The maximum absolute atomic E-state index is 13.1. The lowest BCUT2D eigenvalue weighted by Crippen LogP contribution is -2.39. The van der Waals surface area contributed by atoms with Gasteiger partial charge in [-0.3, -0.25) is 4.79 Å². The van der Waals surface area contributed by atoms with E-state index < -0.39 is 0 Å². The van der Waals surface area contributed by atoms with E-state index in [0.29, 0.717) is 5.92 Å². The number of aromatic nitrogens is 2.